The zero-order valence-corrected chi connectivity index (χ0v) is 16.3. The van der Waals surface area contributed by atoms with Crippen molar-refractivity contribution < 1.29 is 22.7 Å². The fraction of sp³-hybridized carbons (Fsp3) is 0.409. The van der Waals surface area contributed by atoms with E-state index in [1.54, 1.807) is 0 Å². The SMILES string of the molecule is CC(NC(=O)COc1cccc(C(F)(F)F)c1)c1ccc(N2CCCCC2)cc1. The average molecular weight is 406 g/mol. The number of hydrogen-bond acceptors (Lipinski definition) is 3. The molecule has 0 aliphatic carbocycles. The second-order valence-corrected chi connectivity index (χ2v) is 7.24. The molecule has 0 saturated carbocycles. The molecule has 1 amide bonds. The van der Waals surface area contributed by atoms with E-state index >= 15 is 0 Å². The topological polar surface area (TPSA) is 41.6 Å². The number of piperidine rings is 1. The van der Waals surface area contributed by atoms with Crippen LogP contribution < -0.4 is 15.0 Å². The van der Waals surface area contributed by atoms with Crippen molar-refractivity contribution in [3.05, 3.63) is 59.7 Å². The summed E-state index contributed by atoms with van der Waals surface area (Å²) < 4.78 is 43.4. The second kappa shape index (κ2) is 9.20. The van der Waals surface area contributed by atoms with E-state index in [-0.39, 0.29) is 18.4 Å². The molecule has 29 heavy (non-hydrogen) atoms. The van der Waals surface area contributed by atoms with Gasteiger partial charge in [0.25, 0.3) is 5.91 Å². The minimum Gasteiger partial charge on any atom is -0.484 e. The lowest BCUT2D eigenvalue weighted by atomic mass is 10.1. The van der Waals surface area contributed by atoms with Gasteiger partial charge in [-0.1, -0.05) is 18.2 Å². The molecule has 0 spiro atoms. The predicted molar refractivity (Wildman–Crippen MR) is 106 cm³/mol. The van der Waals surface area contributed by atoms with Gasteiger partial charge in [-0.3, -0.25) is 4.79 Å². The van der Waals surface area contributed by atoms with Crippen molar-refractivity contribution in [1.82, 2.24) is 5.32 Å². The lowest BCUT2D eigenvalue weighted by Crippen LogP contribution is -2.31. The highest BCUT2D eigenvalue weighted by molar-refractivity contribution is 5.78. The molecule has 2 aromatic rings. The molecule has 4 nitrogen and oxygen atoms in total. The summed E-state index contributed by atoms with van der Waals surface area (Å²) >= 11 is 0. The Morgan fingerprint density at radius 1 is 1.10 bits per heavy atom. The van der Waals surface area contributed by atoms with Crippen LogP contribution in [0.5, 0.6) is 5.75 Å². The first-order chi connectivity index (χ1) is 13.8. The van der Waals surface area contributed by atoms with Crippen LogP contribution >= 0.6 is 0 Å². The molecule has 0 aromatic heterocycles. The van der Waals surface area contributed by atoms with Crippen LogP contribution in [0.15, 0.2) is 48.5 Å². The summed E-state index contributed by atoms with van der Waals surface area (Å²) in [5, 5.41) is 2.81. The molecule has 3 rings (SSSR count). The van der Waals surface area contributed by atoms with Crippen LogP contribution in [0, 0.1) is 0 Å². The molecule has 1 saturated heterocycles. The Morgan fingerprint density at radius 3 is 2.45 bits per heavy atom. The minimum atomic E-state index is -4.45. The van der Waals surface area contributed by atoms with Crippen molar-refractivity contribution in [3.8, 4) is 5.75 Å². The Morgan fingerprint density at radius 2 is 1.79 bits per heavy atom. The highest BCUT2D eigenvalue weighted by Gasteiger charge is 2.30. The number of alkyl halides is 3. The molecule has 2 aromatic carbocycles. The third-order valence-corrected chi connectivity index (χ3v) is 5.02. The van der Waals surface area contributed by atoms with Crippen LogP contribution in [0.1, 0.15) is 43.4 Å². The van der Waals surface area contributed by atoms with Crippen LogP contribution in [-0.2, 0) is 11.0 Å². The average Bonchev–Trinajstić information content (AvgIpc) is 2.72. The number of nitrogens with one attached hydrogen (secondary N) is 1. The second-order valence-electron chi connectivity index (χ2n) is 7.24. The highest BCUT2D eigenvalue weighted by atomic mass is 19.4. The van der Waals surface area contributed by atoms with Gasteiger partial charge in [-0.15, -0.1) is 0 Å². The molecule has 1 fully saturated rings. The third kappa shape index (κ3) is 5.89. The fourth-order valence-electron chi connectivity index (χ4n) is 3.40. The Kier molecular flexibility index (Phi) is 6.67. The molecule has 156 valence electrons. The van der Waals surface area contributed by atoms with Crippen molar-refractivity contribution in [2.45, 2.75) is 38.4 Å². The van der Waals surface area contributed by atoms with Crippen LogP contribution in [0.4, 0.5) is 18.9 Å². The van der Waals surface area contributed by atoms with E-state index < -0.39 is 17.6 Å². The molecule has 1 aliphatic rings. The summed E-state index contributed by atoms with van der Waals surface area (Å²) in [7, 11) is 0. The standard InChI is InChI=1S/C22H25F3N2O2/c1-16(17-8-10-19(11-9-17)27-12-3-2-4-13-27)26-21(28)15-29-20-7-5-6-18(14-20)22(23,24)25/h5-11,14,16H,2-4,12-13,15H2,1H3,(H,26,28). The quantitative estimate of drug-likeness (QED) is 0.738. The van der Waals surface area contributed by atoms with Gasteiger partial charge in [-0.25, -0.2) is 0 Å². The van der Waals surface area contributed by atoms with Crippen molar-refractivity contribution >= 4 is 11.6 Å². The van der Waals surface area contributed by atoms with E-state index in [0.29, 0.717) is 0 Å². The van der Waals surface area contributed by atoms with Crippen LogP contribution in [0.2, 0.25) is 0 Å². The van der Waals surface area contributed by atoms with E-state index in [4.69, 9.17) is 4.74 Å². The van der Waals surface area contributed by atoms with E-state index in [1.165, 1.54) is 37.1 Å². The fourth-order valence-corrected chi connectivity index (χ4v) is 3.40. The van der Waals surface area contributed by atoms with Crippen molar-refractivity contribution in [1.29, 1.82) is 0 Å². The molecule has 1 unspecified atom stereocenters. The van der Waals surface area contributed by atoms with Crippen LogP contribution in [-0.4, -0.2) is 25.6 Å². The molecular formula is C22H25F3N2O2. The Hall–Kier alpha value is -2.70. The molecule has 0 bridgehead atoms. The first kappa shape index (κ1) is 21.0. The molecule has 1 aliphatic heterocycles. The number of anilines is 1. The normalized spacial score (nSPS) is 15.7. The summed E-state index contributed by atoms with van der Waals surface area (Å²) in [4.78, 5) is 14.5. The van der Waals surface area contributed by atoms with Crippen molar-refractivity contribution in [2.75, 3.05) is 24.6 Å². The third-order valence-electron chi connectivity index (χ3n) is 5.02. The van der Waals surface area contributed by atoms with Gasteiger partial charge in [0.2, 0.25) is 0 Å². The summed E-state index contributed by atoms with van der Waals surface area (Å²) in [6.07, 6.45) is -0.753. The van der Waals surface area contributed by atoms with Crippen LogP contribution in [0.3, 0.4) is 0 Å². The maximum atomic E-state index is 12.7. The maximum Gasteiger partial charge on any atom is 0.416 e. The zero-order chi connectivity index (χ0) is 20.9. The smallest absolute Gasteiger partial charge is 0.416 e. The van der Waals surface area contributed by atoms with Crippen molar-refractivity contribution in [3.63, 3.8) is 0 Å². The number of hydrogen-bond donors (Lipinski definition) is 1. The monoisotopic (exact) mass is 406 g/mol. The number of halogens is 3. The number of ether oxygens (including phenoxy) is 1. The minimum absolute atomic E-state index is 0.00788. The van der Waals surface area contributed by atoms with E-state index in [0.717, 1.165) is 30.8 Å². The summed E-state index contributed by atoms with van der Waals surface area (Å²) in [6.45, 7) is 3.65. The van der Waals surface area contributed by atoms with Gasteiger partial charge < -0.3 is 15.0 Å². The van der Waals surface area contributed by atoms with E-state index in [2.05, 4.69) is 22.3 Å². The molecule has 1 atom stereocenters. The summed E-state index contributed by atoms with van der Waals surface area (Å²) in [6, 6.07) is 12.4. The van der Waals surface area contributed by atoms with Gasteiger partial charge in [0.05, 0.1) is 11.6 Å². The van der Waals surface area contributed by atoms with Gasteiger partial charge in [0.15, 0.2) is 6.61 Å². The van der Waals surface area contributed by atoms with Gasteiger partial charge in [0.1, 0.15) is 5.75 Å². The summed E-state index contributed by atoms with van der Waals surface area (Å²) in [5.41, 5.74) is 1.33. The van der Waals surface area contributed by atoms with E-state index in [9.17, 15) is 18.0 Å². The number of benzene rings is 2. The number of carbonyl (C=O) groups is 1. The number of carbonyl (C=O) groups excluding carboxylic acids is 1. The van der Waals surface area contributed by atoms with Gasteiger partial charge >= 0.3 is 6.18 Å². The van der Waals surface area contributed by atoms with Gasteiger partial charge in [-0.2, -0.15) is 13.2 Å². The highest BCUT2D eigenvalue weighted by Crippen LogP contribution is 2.31. The zero-order valence-electron chi connectivity index (χ0n) is 16.3. The lowest BCUT2D eigenvalue weighted by molar-refractivity contribution is -0.137. The largest absolute Gasteiger partial charge is 0.484 e. The predicted octanol–water partition coefficient (Wildman–Crippen LogP) is 4.95. The van der Waals surface area contributed by atoms with Gasteiger partial charge in [0, 0.05) is 18.8 Å². The first-order valence-electron chi connectivity index (χ1n) is 9.77. The van der Waals surface area contributed by atoms with Gasteiger partial charge in [-0.05, 0) is 62.1 Å². The molecule has 1 heterocycles. The Bertz CT molecular complexity index is 816. The number of rotatable bonds is 6. The maximum absolute atomic E-state index is 12.7. The van der Waals surface area contributed by atoms with E-state index in [1.807, 2.05) is 19.1 Å². The first-order valence-corrected chi connectivity index (χ1v) is 9.77. The Balaban J connectivity index is 1.51. The molecular weight excluding hydrogens is 381 g/mol. The molecule has 1 N–H and O–H groups in total. The van der Waals surface area contributed by atoms with Crippen LogP contribution in [0.25, 0.3) is 0 Å². The number of nitrogens with zero attached hydrogens (tertiary/aromatic N) is 1. The molecule has 7 heteroatoms. The molecule has 0 radical (unpaired) electrons. The van der Waals surface area contributed by atoms with Crippen molar-refractivity contribution in [2.24, 2.45) is 0 Å². The lowest BCUT2D eigenvalue weighted by Gasteiger charge is -2.29. The Labute approximate surface area is 168 Å². The number of amides is 1. The summed E-state index contributed by atoms with van der Waals surface area (Å²) in [5.74, 6) is -0.386.